The second-order valence-corrected chi connectivity index (χ2v) is 6.71. The zero-order chi connectivity index (χ0) is 27.3. The summed E-state index contributed by atoms with van der Waals surface area (Å²) in [5.41, 5.74) is -1.03. The molecule has 0 heterocycles. The van der Waals surface area contributed by atoms with Crippen molar-refractivity contribution in [2.24, 2.45) is 0 Å². The minimum atomic E-state index is -8.57. The maximum atomic E-state index is 13.8. The Morgan fingerprint density at radius 1 is 0.676 bits per heavy atom. The summed E-state index contributed by atoms with van der Waals surface area (Å²) < 4.78 is 212. The highest BCUT2D eigenvalue weighted by atomic mass is 35.5. The van der Waals surface area contributed by atoms with Crippen molar-refractivity contribution in [1.82, 2.24) is 0 Å². The van der Waals surface area contributed by atoms with Crippen LogP contribution in [0.2, 0.25) is 5.02 Å². The molecule has 1 aromatic carbocycles. The van der Waals surface area contributed by atoms with Gasteiger partial charge in [0, 0.05) is 0 Å². The number of carbonyl (C=O) groups excluding carboxylic acids is 1. The van der Waals surface area contributed by atoms with Crippen molar-refractivity contribution < 1.29 is 75.0 Å². The molecule has 2 nitrogen and oxygen atoms in total. The lowest BCUT2D eigenvalue weighted by Gasteiger charge is -2.42. The van der Waals surface area contributed by atoms with Gasteiger partial charge in [0.05, 0.1) is 10.7 Å². The van der Waals surface area contributed by atoms with Crippen LogP contribution in [0, 0.1) is 0 Å². The van der Waals surface area contributed by atoms with E-state index in [1.54, 1.807) is 0 Å². The number of nitrogens with one attached hydrogen (secondary N) is 1. The molecule has 1 aromatic rings. The number of halogens is 17. The number of hydrogen-bond donors (Lipinski definition) is 1. The van der Waals surface area contributed by atoms with Crippen LogP contribution in [0.1, 0.15) is 0 Å². The van der Waals surface area contributed by atoms with E-state index in [1.165, 1.54) is 0 Å². The molecule has 34 heavy (non-hydrogen) atoms. The molecule has 0 fully saturated rings. The third-order valence-corrected chi connectivity index (χ3v) is 4.40. The van der Waals surface area contributed by atoms with Gasteiger partial charge in [-0.1, -0.05) is 23.7 Å². The Bertz CT molecular complexity index is 915. The molecule has 0 aromatic heterocycles. The Kier molecular flexibility index (Phi) is 7.48. The molecule has 1 amide bonds. The van der Waals surface area contributed by atoms with Crippen LogP contribution < -0.4 is 5.32 Å². The van der Waals surface area contributed by atoms with Crippen LogP contribution in [-0.4, -0.2) is 53.8 Å². The van der Waals surface area contributed by atoms with Gasteiger partial charge < -0.3 is 5.32 Å². The van der Waals surface area contributed by atoms with Gasteiger partial charge in [-0.2, -0.15) is 61.5 Å². The maximum Gasteiger partial charge on any atom is 0.393 e. The highest BCUT2D eigenvalue weighted by Crippen LogP contribution is 2.62. The van der Waals surface area contributed by atoms with Gasteiger partial charge in [0.15, 0.2) is 0 Å². The van der Waals surface area contributed by atoms with E-state index < -0.39 is 64.5 Å². The number of hydrogen-bond acceptors (Lipinski definition) is 1. The Labute approximate surface area is 181 Å². The number of alkyl halides is 16. The summed E-state index contributed by atoms with van der Waals surface area (Å²) in [5.74, 6) is -60.0. The maximum absolute atomic E-state index is 13.8. The molecule has 0 saturated heterocycles. The van der Waals surface area contributed by atoms with E-state index in [0.29, 0.717) is 6.07 Å². The zero-order valence-corrected chi connectivity index (χ0v) is 16.0. The van der Waals surface area contributed by atoms with E-state index in [-0.39, 0.29) is 0 Å². The summed E-state index contributed by atoms with van der Waals surface area (Å²) in [4.78, 5) is 11.4. The summed E-state index contributed by atoms with van der Waals surface area (Å²) in [5, 5.41) is 0.0252. The smallest absolute Gasteiger partial charge is 0.319 e. The Morgan fingerprint density at radius 2 is 1.06 bits per heavy atom. The highest BCUT2D eigenvalue weighted by Gasteiger charge is 2.94. The summed E-state index contributed by atoms with van der Waals surface area (Å²) in [6.45, 7) is 0. The Balaban J connectivity index is 3.56. The van der Waals surface area contributed by atoms with Crippen molar-refractivity contribution in [3.8, 4) is 0 Å². The molecule has 1 N–H and O–H groups in total. The molecule has 1 rings (SSSR count). The van der Waals surface area contributed by atoms with Gasteiger partial charge >= 0.3 is 53.8 Å². The van der Waals surface area contributed by atoms with Crippen molar-refractivity contribution in [2.75, 3.05) is 5.32 Å². The quantitative estimate of drug-likeness (QED) is 0.327. The fourth-order valence-electron chi connectivity index (χ4n) is 2.04. The second kappa shape index (κ2) is 8.51. The van der Waals surface area contributed by atoms with Crippen molar-refractivity contribution in [3.05, 3.63) is 29.3 Å². The number of anilines is 1. The standard InChI is InChI=1S/C15H6ClF16NO/c16-5-3-1-2-4-6(5)33-8(34)10(21,22)12(25,26)14(29,30)15(31,32)13(27,28)11(23,24)9(19,20)7(17)18/h1-4,7H,(H,33,34). The summed E-state index contributed by atoms with van der Waals surface area (Å²) in [7, 11) is 0. The molecule has 0 aliphatic carbocycles. The molecule has 0 bridgehead atoms. The third kappa shape index (κ3) is 4.00. The van der Waals surface area contributed by atoms with Crippen LogP contribution in [-0.2, 0) is 4.79 Å². The second-order valence-electron chi connectivity index (χ2n) is 6.30. The van der Waals surface area contributed by atoms with Gasteiger partial charge in [0.1, 0.15) is 0 Å². The zero-order valence-electron chi connectivity index (χ0n) is 15.2. The van der Waals surface area contributed by atoms with Gasteiger partial charge in [0.25, 0.3) is 0 Å². The van der Waals surface area contributed by atoms with Crippen LogP contribution in [0.15, 0.2) is 24.3 Å². The molecule has 196 valence electrons. The van der Waals surface area contributed by atoms with E-state index in [9.17, 15) is 75.0 Å². The molecule has 0 radical (unpaired) electrons. The van der Waals surface area contributed by atoms with Crippen molar-refractivity contribution >= 4 is 23.2 Å². The Hall–Kier alpha value is -2.14. The van der Waals surface area contributed by atoms with Crippen molar-refractivity contribution in [3.63, 3.8) is 0 Å². The van der Waals surface area contributed by atoms with Gasteiger partial charge in [-0.15, -0.1) is 0 Å². The fraction of sp³-hybridized carbons (Fsp3) is 0.533. The molecule has 0 aliphatic heterocycles. The SMILES string of the molecule is O=C(Nc1ccccc1Cl)C(F)(F)C(F)(F)C(F)(F)C(F)(F)C(F)(F)C(F)(F)C(F)(F)C(F)F. The number of rotatable bonds is 9. The molecule has 0 aliphatic rings. The largest absolute Gasteiger partial charge is 0.393 e. The third-order valence-electron chi connectivity index (χ3n) is 4.07. The molecule has 0 unspecified atom stereocenters. The van der Waals surface area contributed by atoms with E-state index in [0.717, 1.165) is 23.5 Å². The van der Waals surface area contributed by atoms with Gasteiger partial charge in [-0.05, 0) is 12.1 Å². The van der Waals surface area contributed by atoms with Crippen LogP contribution in [0.3, 0.4) is 0 Å². The minimum absolute atomic E-state index is 0.572. The number of amides is 1. The Morgan fingerprint density at radius 3 is 1.47 bits per heavy atom. The highest BCUT2D eigenvalue weighted by molar-refractivity contribution is 6.33. The van der Waals surface area contributed by atoms with Gasteiger partial charge in [-0.25, -0.2) is 8.78 Å². The van der Waals surface area contributed by atoms with Crippen LogP contribution in [0.25, 0.3) is 0 Å². The van der Waals surface area contributed by atoms with Crippen molar-refractivity contribution in [2.45, 2.75) is 47.9 Å². The monoisotopic (exact) mass is 555 g/mol. The first-order chi connectivity index (χ1) is 14.9. The summed E-state index contributed by atoms with van der Waals surface area (Å²) in [6, 6.07) is 3.30. The minimum Gasteiger partial charge on any atom is -0.319 e. The molecular formula is C15H6ClF16NO. The topological polar surface area (TPSA) is 29.1 Å². The average Bonchev–Trinajstić information content (AvgIpc) is 2.68. The number of benzene rings is 1. The lowest BCUT2D eigenvalue weighted by Crippen LogP contribution is -2.74. The molecule has 19 heteroatoms. The van der Waals surface area contributed by atoms with E-state index in [1.807, 2.05) is 0 Å². The van der Waals surface area contributed by atoms with E-state index in [2.05, 4.69) is 0 Å². The summed E-state index contributed by atoms with van der Waals surface area (Å²) in [6.07, 6.45) is -5.93. The van der Waals surface area contributed by atoms with Gasteiger partial charge in [-0.3, -0.25) is 4.79 Å². The molecular weight excluding hydrogens is 550 g/mol. The predicted molar refractivity (Wildman–Crippen MR) is 80.7 cm³/mol. The van der Waals surface area contributed by atoms with Gasteiger partial charge in [0.2, 0.25) is 0 Å². The van der Waals surface area contributed by atoms with Crippen LogP contribution in [0.4, 0.5) is 75.9 Å². The molecule has 0 atom stereocenters. The van der Waals surface area contributed by atoms with Crippen molar-refractivity contribution in [1.29, 1.82) is 0 Å². The number of carbonyl (C=O) groups is 1. The van der Waals surface area contributed by atoms with Crippen LogP contribution >= 0.6 is 11.6 Å². The average molecular weight is 556 g/mol. The first kappa shape index (κ1) is 29.9. The lowest BCUT2D eigenvalue weighted by atomic mass is 9.89. The van der Waals surface area contributed by atoms with Crippen LogP contribution in [0.5, 0.6) is 0 Å². The van der Waals surface area contributed by atoms with E-state index >= 15 is 0 Å². The van der Waals surface area contributed by atoms with E-state index in [4.69, 9.17) is 11.6 Å². The predicted octanol–water partition coefficient (Wildman–Crippen LogP) is 6.99. The first-order valence-electron chi connectivity index (χ1n) is 7.84. The normalized spacial score (nSPS) is 15.0. The molecule has 0 saturated carbocycles. The molecule has 0 spiro atoms. The summed E-state index contributed by atoms with van der Waals surface area (Å²) >= 11 is 5.34. The lowest BCUT2D eigenvalue weighted by molar-refractivity contribution is -0.443. The fourth-order valence-corrected chi connectivity index (χ4v) is 2.22. The number of para-hydroxylation sites is 1. The first-order valence-corrected chi connectivity index (χ1v) is 8.22.